The molecule has 1 atom stereocenters. The van der Waals surface area contributed by atoms with Crippen LogP contribution in [0.2, 0.25) is 10.0 Å². The second kappa shape index (κ2) is 9.51. The molecule has 1 N–H and O–H groups in total. The molecule has 0 amide bonds. The summed E-state index contributed by atoms with van der Waals surface area (Å²) in [4.78, 5) is 4.17. The number of halogens is 3. The fraction of sp³-hybridized carbons (Fsp3) is 0.130. The number of sulfonamides is 1. The molecule has 170 valence electrons. The Morgan fingerprint density at radius 1 is 1.00 bits per heavy atom. The minimum Gasteiger partial charge on any atom is -0.254 e. The van der Waals surface area contributed by atoms with Crippen molar-refractivity contribution < 1.29 is 12.8 Å². The minimum absolute atomic E-state index is 0.0456. The van der Waals surface area contributed by atoms with Gasteiger partial charge in [-0.15, -0.1) is 0 Å². The minimum atomic E-state index is -3.92. The maximum Gasteiger partial charge on any atom is 0.264 e. The smallest absolute Gasteiger partial charge is 0.254 e. The molecule has 0 radical (unpaired) electrons. The fourth-order valence-electron chi connectivity index (χ4n) is 3.48. The van der Waals surface area contributed by atoms with E-state index in [0.29, 0.717) is 22.3 Å². The Balaban J connectivity index is 1.67. The monoisotopic (exact) mass is 504 g/mol. The number of rotatable bonds is 4. The largest absolute Gasteiger partial charge is 0.264 e. The lowest BCUT2D eigenvalue weighted by atomic mass is 9.90. The Morgan fingerprint density at radius 3 is 2.15 bits per heavy atom. The normalized spacial score (nSPS) is 16.6. The molecule has 10 heteroatoms. The van der Waals surface area contributed by atoms with Gasteiger partial charge in [-0.2, -0.15) is 5.10 Å². The maximum absolute atomic E-state index is 13.5. The Bertz CT molecular complexity index is 1310. The number of hydrazone groups is 1. The molecular formula is C23H19Cl2FN4O2S. The van der Waals surface area contributed by atoms with E-state index in [-0.39, 0.29) is 22.6 Å². The molecule has 6 nitrogen and oxygen atoms in total. The molecular weight excluding hydrogens is 486 g/mol. The quantitative estimate of drug-likeness (QED) is 0.405. The van der Waals surface area contributed by atoms with Gasteiger partial charge in [-0.3, -0.25) is 4.99 Å². The third kappa shape index (κ3) is 5.19. The highest BCUT2D eigenvalue weighted by atomic mass is 35.5. The summed E-state index contributed by atoms with van der Waals surface area (Å²) in [6, 6.07) is 19.1. The molecule has 0 bridgehead atoms. The van der Waals surface area contributed by atoms with Gasteiger partial charge in [0.1, 0.15) is 5.82 Å². The molecule has 1 unspecified atom stereocenters. The van der Waals surface area contributed by atoms with Crippen molar-refractivity contribution in [2.45, 2.75) is 10.8 Å². The fourth-order valence-corrected chi connectivity index (χ4v) is 4.78. The van der Waals surface area contributed by atoms with Crippen LogP contribution in [0.15, 0.2) is 87.8 Å². The van der Waals surface area contributed by atoms with Crippen molar-refractivity contribution in [1.82, 2.24) is 9.73 Å². The second-order valence-electron chi connectivity index (χ2n) is 7.29. The van der Waals surface area contributed by atoms with E-state index < -0.39 is 10.0 Å². The molecule has 33 heavy (non-hydrogen) atoms. The molecule has 0 aliphatic carbocycles. The van der Waals surface area contributed by atoms with Crippen molar-refractivity contribution in [2.75, 3.05) is 13.6 Å². The molecule has 0 aromatic heterocycles. The first kappa shape index (κ1) is 23.2. The summed E-state index contributed by atoms with van der Waals surface area (Å²) in [7, 11) is -2.44. The van der Waals surface area contributed by atoms with Crippen LogP contribution >= 0.6 is 23.2 Å². The van der Waals surface area contributed by atoms with E-state index in [1.165, 1.54) is 48.5 Å². The maximum atomic E-state index is 13.5. The summed E-state index contributed by atoms with van der Waals surface area (Å²) in [5.74, 6) is -0.533. The van der Waals surface area contributed by atoms with E-state index >= 15 is 0 Å². The average molecular weight is 505 g/mol. The van der Waals surface area contributed by atoms with Crippen LogP contribution in [0.1, 0.15) is 17.0 Å². The van der Waals surface area contributed by atoms with E-state index in [4.69, 9.17) is 23.2 Å². The highest BCUT2D eigenvalue weighted by Gasteiger charge is 2.33. The van der Waals surface area contributed by atoms with Crippen LogP contribution in [0.3, 0.4) is 0 Å². The van der Waals surface area contributed by atoms with Crippen LogP contribution in [0, 0.1) is 5.82 Å². The number of hydrogen-bond acceptors (Lipinski definition) is 4. The summed E-state index contributed by atoms with van der Waals surface area (Å²) in [6.45, 7) is 0.305. The summed E-state index contributed by atoms with van der Waals surface area (Å²) in [5.41, 5.74) is 2.33. The molecule has 4 rings (SSSR count). The zero-order chi connectivity index (χ0) is 23.6. The average Bonchev–Trinajstić information content (AvgIpc) is 3.24. The molecule has 3 aromatic carbocycles. The lowest BCUT2D eigenvalue weighted by Crippen LogP contribution is -2.41. The van der Waals surface area contributed by atoms with Gasteiger partial charge in [-0.1, -0.05) is 47.5 Å². The van der Waals surface area contributed by atoms with Gasteiger partial charge in [0.15, 0.2) is 0 Å². The molecule has 0 saturated carbocycles. The van der Waals surface area contributed by atoms with E-state index in [0.717, 1.165) is 11.1 Å². The third-order valence-electron chi connectivity index (χ3n) is 5.13. The van der Waals surface area contributed by atoms with Gasteiger partial charge in [0.2, 0.25) is 5.96 Å². The lowest BCUT2D eigenvalue weighted by Gasteiger charge is -2.19. The number of guanidine groups is 1. The van der Waals surface area contributed by atoms with Gasteiger partial charge in [-0.25, -0.2) is 22.5 Å². The first-order chi connectivity index (χ1) is 15.8. The lowest BCUT2D eigenvalue weighted by molar-refractivity contribution is 0.462. The molecule has 0 saturated heterocycles. The van der Waals surface area contributed by atoms with E-state index in [2.05, 4.69) is 14.8 Å². The van der Waals surface area contributed by atoms with Crippen molar-refractivity contribution >= 4 is 44.9 Å². The molecule has 0 spiro atoms. The van der Waals surface area contributed by atoms with E-state index in [1.807, 2.05) is 12.1 Å². The molecule has 1 aliphatic rings. The predicted molar refractivity (Wildman–Crippen MR) is 129 cm³/mol. The molecule has 1 aliphatic heterocycles. The van der Waals surface area contributed by atoms with Crippen molar-refractivity contribution in [3.63, 3.8) is 0 Å². The van der Waals surface area contributed by atoms with Crippen LogP contribution in [0.25, 0.3) is 0 Å². The highest BCUT2D eigenvalue weighted by Crippen LogP contribution is 2.30. The first-order valence-electron chi connectivity index (χ1n) is 9.89. The zero-order valence-corrected chi connectivity index (χ0v) is 19.7. The Kier molecular flexibility index (Phi) is 6.69. The number of nitrogens with one attached hydrogen (secondary N) is 1. The number of hydrogen-bond donors (Lipinski definition) is 1. The van der Waals surface area contributed by atoms with Crippen molar-refractivity contribution in [1.29, 1.82) is 0 Å². The van der Waals surface area contributed by atoms with Gasteiger partial charge in [0, 0.05) is 23.0 Å². The molecule has 0 fully saturated rings. The SMILES string of the molecule is CN=C(NS(=O)(=O)c1ccc(Cl)cc1)N1CC(c2ccc(F)cc2)C(c2ccc(Cl)cc2)=N1. The van der Waals surface area contributed by atoms with Crippen LogP contribution < -0.4 is 4.72 Å². The van der Waals surface area contributed by atoms with Gasteiger partial charge in [-0.05, 0) is 59.7 Å². The predicted octanol–water partition coefficient (Wildman–Crippen LogP) is 4.90. The summed E-state index contributed by atoms with van der Waals surface area (Å²) < 4.78 is 41.8. The van der Waals surface area contributed by atoms with Gasteiger partial charge >= 0.3 is 0 Å². The first-order valence-corrected chi connectivity index (χ1v) is 12.1. The van der Waals surface area contributed by atoms with Crippen molar-refractivity contribution in [3.8, 4) is 0 Å². The van der Waals surface area contributed by atoms with Crippen LogP contribution in [0.5, 0.6) is 0 Å². The third-order valence-corrected chi connectivity index (χ3v) is 6.98. The second-order valence-corrected chi connectivity index (χ2v) is 9.84. The summed E-state index contributed by atoms with van der Waals surface area (Å²) in [6.07, 6.45) is 0. The standard InChI is InChI=1S/C23H19Cl2FN4O2S/c1-27-23(29-33(31,32)20-12-8-18(25)9-13-20)30-14-21(15-4-10-19(26)11-5-15)22(28-30)16-2-6-17(24)7-3-16/h2-13,21H,14H2,1H3,(H,27,29). The number of nitrogens with zero attached hydrogens (tertiary/aromatic N) is 3. The van der Waals surface area contributed by atoms with Crippen LogP contribution in [-0.4, -0.2) is 38.7 Å². The number of benzene rings is 3. The van der Waals surface area contributed by atoms with Crippen LogP contribution in [0.4, 0.5) is 4.39 Å². The van der Waals surface area contributed by atoms with Gasteiger partial charge in [0.05, 0.1) is 17.2 Å². The topological polar surface area (TPSA) is 74.1 Å². The van der Waals surface area contributed by atoms with Crippen molar-refractivity contribution in [3.05, 3.63) is 99.8 Å². The molecule has 3 aromatic rings. The van der Waals surface area contributed by atoms with E-state index in [9.17, 15) is 12.8 Å². The molecule has 1 heterocycles. The summed E-state index contributed by atoms with van der Waals surface area (Å²) in [5, 5.41) is 7.17. The van der Waals surface area contributed by atoms with Gasteiger partial charge in [0.25, 0.3) is 10.0 Å². The highest BCUT2D eigenvalue weighted by molar-refractivity contribution is 7.90. The Labute approximate surface area is 201 Å². The van der Waals surface area contributed by atoms with Gasteiger partial charge < -0.3 is 0 Å². The van der Waals surface area contributed by atoms with Crippen molar-refractivity contribution in [2.24, 2.45) is 10.1 Å². The summed E-state index contributed by atoms with van der Waals surface area (Å²) >= 11 is 11.9. The van der Waals surface area contributed by atoms with E-state index in [1.54, 1.807) is 24.3 Å². The Morgan fingerprint density at radius 2 is 1.58 bits per heavy atom. The number of aliphatic imine (C=N–C) groups is 1. The van der Waals surface area contributed by atoms with Crippen LogP contribution in [-0.2, 0) is 10.0 Å². The zero-order valence-electron chi connectivity index (χ0n) is 17.4. The Hall–Kier alpha value is -2.94.